The molecular weight excluding hydrogens is 262 g/mol. The number of hydrogen-bond donors (Lipinski definition) is 1. The number of ether oxygens (including phenoxy) is 1. The quantitative estimate of drug-likeness (QED) is 0.886. The third-order valence-electron chi connectivity index (χ3n) is 3.70. The number of nitrogens with zero attached hydrogens (tertiary/aromatic N) is 2. The second-order valence-corrected chi connectivity index (χ2v) is 5.37. The fraction of sp³-hybridized carbons (Fsp3) is 0.412. The number of nitrogens with two attached hydrogens (primary N) is 1. The average Bonchev–Trinajstić information content (AvgIpc) is 2.50. The smallest absolute Gasteiger partial charge is 0.128 e. The summed E-state index contributed by atoms with van der Waals surface area (Å²) in [4.78, 5) is 8.83. The molecule has 2 aromatic rings. The maximum Gasteiger partial charge on any atom is 0.128 e. The van der Waals surface area contributed by atoms with Crippen LogP contribution in [0.25, 0.3) is 0 Å². The van der Waals surface area contributed by atoms with E-state index in [0.717, 1.165) is 47.5 Å². The Kier molecular flexibility index (Phi) is 5.28. The van der Waals surface area contributed by atoms with Crippen molar-refractivity contribution in [3.63, 3.8) is 0 Å². The standard InChI is InChI=1S/C17H23N3O/c1-12-11-20-16(13(2)17(12)21-3)10-14(18)7-8-15-6-4-5-9-19-15/h4-6,9,11,14H,7-8,10,18H2,1-3H3. The molecule has 0 amide bonds. The van der Waals surface area contributed by atoms with E-state index < -0.39 is 0 Å². The molecule has 0 bridgehead atoms. The minimum atomic E-state index is 0.0746. The van der Waals surface area contributed by atoms with Crippen LogP contribution >= 0.6 is 0 Å². The summed E-state index contributed by atoms with van der Waals surface area (Å²) in [5.41, 5.74) is 10.5. The van der Waals surface area contributed by atoms with Gasteiger partial charge in [-0.25, -0.2) is 0 Å². The van der Waals surface area contributed by atoms with Crippen LogP contribution in [0, 0.1) is 13.8 Å². The van der Waals surface area contributed by atoms with Crippen LogP contribution in [-0.2, 0) is 12.8 Å². The molecule has 0 aliphatic heterocycles. The molecule has 0 saturated carbocycles. The lowest BCUT2D eigenvalue weighted by molar-refractivity contribution is 0.406. The monoisotopic (exact) mass is 285 g/mol. The molecule has 4 nitrogen and oxygen atoms in total. The third kappa shape index (κ3) is 4.02. The summed E-state index contributed by atoms with van der Waals surface area (Å²) < 4.78 is 5.44. The Hall–Kier alpha value is -1.94. The molecule has 0 aromatic carbocycles. The summed E-state index contributed by atoms with van der Waals surface area (Å²) >= 11 is 0. The first-order valence-electron chi connectivity index (χ1n) is 7.26. The third-order valence-corrected chi connectivity index (χ3v) is 3.70. The van der Waals surface area contributed by atoms with Gasteiger partial charge in [-0.05, 0) is 38.8 Å². The van der Waals surface area contributed by atoms with Gasteiger partial charge in [-0.1, -0.05) is 6.07 Å². The first-order valence-corrected chi connectivity index (χ1v) is 7.26. The Morgan fingerprint density at radius 3 is 2.71 bits per heavy atom. The van der Waals surface area contributed by atoms with E-state index in [1.54, 1.807) is 7.11 Å². The van der Waals surface area contributed by atoms with Crippen LogP contribution in [0.5, 0.6) is 5.75 Å². The highest BCUT2D eigenvalue weighted by Gasteiger charge is 2.13. The molecule has 1 unspecified atom stereocenters. The van der Waals surface area contributed by atoms with E-state index in [1.165, 1.54) is 0 Å². The topological polar surface area (TPSA) is 61.0 Å². The zero-order chi connectivity index (χ0) is 15.2. The summed E-state index contributed by atoms with van der Waals surface area (Å²) in [5, 5.41) is 0. The highest BCUT2D eigenvalue weighted by Crippen LogP contribution is 2.24. The number of aryl methyl sites for hydroxylation is 2. The van der Waals surface area contributed by atoms with Crippen molar-refractivity contribution in [1.29, 1.82) is 0 Å². The highest BCUT2D eigenvalue weighted by molar-refractivity contribution is 5.41. The minimum absolute atomic E-state index is 0.0746. The Morgan fingerprint density at radius 2 is 2.05 bits per heavy atom. The van der Waals surface area contributed by atoms with E-state index >= 15 is 0 Å². The van der Waals surface area contributed by atoms with Crippen LogP contribution in [0.4, 0.5) is 0 Å². The molecule has 0 aliphatic carbocycles. The first-order chi connectivity index (χ1) is 10.1. The Bertz CT molecular complexity index is 584. The molecule has 0 fully saturated rings. The molecule has 112 valence electrons. The highest BCUT2D eigenvalue weighted by atomic mass is 16.5. The van der Waals surface area contributed by atoms with Crippen molar-refractivity contribution < 1.29 is 4.74 Å². The van der Waals surface area contributed by atoms with Gasteiger partial charge in [0.25, 0.3) is 0 Å². The molecule has 2 rings (SSSR count). The van der Waals surface area contributed by atoms with Crippen molar-refractivity contribution in [3.05, 3.63) is 53.1 Å². The lowest BCUT2D eigenvalue weighted by Gasteiger charge is -2.15. The fourth-order valence-corrected chi connectivity index (χ4v) is 2.51. The molecule has 2 N–H and O–H groups in total. The largest absolute Gasteiger partial charge is 0.496 e. The second-order valence-electron chi connectivity index (χ2n) is 5.37. The normalized spacial score (nSPS) is 12.2. The molecule has 1 atom stereocenters. The number of hydrogen-bond acceptors (Lipinski definition) is 4. The van der Waals surface area contributed by atoms with Gasteiger partial charge in [-0.3, -0.25) is 9.97 Å². The maximum atomic E-state index is 6.24. The van der Waals surface area contributed by atoms with Gasteiger partial charge >= 0.3 is 0 Å². The Labute approximate surface area is 126 Å². The van der Waals surface area contributed by atoms with E-state index in [2.05, 4.69) is 9.97 Å². The van der Waals surface area contributed by atoms with E-state index in [0.29, 0.717) is 0 Å². The predicted octanol–water partition coefficient (Wildman–Crippen LogP) is 2.60. The lowest BCUT2D eigenvalue weighted by Crippen LogP contribution is -2.24. The summed E-state index contributed by atoms with van der Waals surface area (Å²) in [6, 6.07) is 6.04. The number of pyridine rings is 2. The van der Waals surface area contributed by atoms with Gasteiger partial charge in [0.05, 0.1) is 7.11 Å². The van der Waals surface area contributed by atoms with E-state index in [1.807, 2.05) is 44.4 Å². The van der Waals surface area contributed by atoms with Crippen molar-refractivity contribution in [2.24, 2.45) is 5.73 Å². The van der Waals surface area contributed by atoms with Crippen molar-refractivity contribution >= 4 is 0 Å². The number of aromatic nitrogens is 2. The number of rotatable bonds is 6. The van der Waals surface area contributed by atoms with Gasteiger partial charge in [-0.15, -0.1) is 0 Å². The average molecular weight is 285 g/mol. The van der Waals surface area contributed by atoms with Crippen molar-refractivity contribution in [3.8, 4) is 5.75 Å². The maximum absolute atomic E-state index is 6.24. The fourth-order valence-electron chi connectivity index (χ4n) is 2.51. The van der Waals surface area contributed by atoms with Gasteiger partial charge in [0.15, 0.2) is 0 Å². The Morgan fingerprint density at radius 1 is 1.24 bits per heavy atom. The van der Waals surface area contributed by atoms with Crippen LogP contribution < -0.4 is 10.5 Å². The van der Waals surface area contributed by atoms with Crippen molar-refractivity contribution in [2.45, 2.75) is 39.2 Å². The van der Waals surface area contributed by atoms with Gasteiger partial charge in [-0.2, -0.15) is 0 Å². The Balaban J connectivity index is 1.98. The summed E-state index contributed by atoms with van der Waals surface area (Å²) in [5.74, 6) is 0.914. The molecular formula is C17H23N3O. The van der Waals surface area contributed by atoms with E-state index in [-0.39, 0.29) is 6.04 Å². The second kappa shape index (κ2) is 7.18. The SMILES string of the molecule is COc1c(C)cnc(CC(N)CCc2ccccn2)c1C. The van der Waals surface area contributed by atoms with Gasteiger partial charge in [0, 0.05) is 47.4 Å². The van der Waals surface area contributed by atoms with Crippen LogP contribution in [-0.4, -0.2) is 23.1 Å². The van der Waals surface area contributed by atoms with Gasteiger partial charge < -0.3 is 10.5 Å². The van der Waals surface area contributed by atoms with E-state index in [9.17, 15) is 0 Å². The minimum Gasteiger partial charge on any atom is -0.496 e. The van der Waals surface area contributed by atoms with Gasteiger partial charge in [0.1, 0.15) is 5.75 Å². The lowest BCUT2D eigenvalue weighted by atomic mass is 10.0. The molecule has 21 heavy (non-hydrogen) atoms. The first kappa shape index (κ1) is 15.4. The molecule has 0 aliphatic rings. The predicted molar refractivity (Wildman–Crippen MR) is 84.5 cm³/mol. The molecule has 2 aromatic heterocycles. The van der Waals surface area contributed by atoms with Crippen LogP contribution in [0.15, 0.2) is 30.6 Å². The van der Waals surface area contributed by atoms with Crippen molar-refractivity contribution in [1.82, 2.24) is 9.97 Å². The summed E-state index contributed by atoms with van der Waals surface area (Å²) in [6.45, 7) is 4.04. The van der Waals surface area contributed by atoms with Crippen LogP contribution in [0.3, 0.4) is 0 Å². The van der Waals surface area contributed by atoms with Crippen molar-refractivity contribution in [2.75, 3.05) is 7.11 Å². The molecule has 0 saturated heterocycles. The zero-order valence-electron chi connectivity index (χ0n) is 13.0. The summed E-state index contributed by atoms with van der Waals surface area (Å²) in [6.07, 6.45) is 6.22. The molecule has 2 heterocycles. The van der Waals surface area contributed by atoms with E-state index in [4.69, 9.17) is 10.5 Å². The van der Waals surface area contributed by atoms with Crippen LogP contribution in [0.1, 0.15) is 28.9 Å². The van der Waals surface area contributed by atoms with Gasteiger partial charge in [0.2, 0.25) is 0 Å². The molecule has 0 spiro atoms. The summed E-state index contributed by atoms with van der Waals surface area (Å²) in [7, 11) is 1.69. The zero-order valence-corrected chi connectivity index (χ0v) is 13.0. The van der Waals surface area contributed by atoms with Crippen LogP contribution in [0.2, 0.25) is 0 Å². The molecule has 0 radical (unpaired) electrons. The number of methoxy groups -OCH3 is 1. The molecule has 4 heteroatoms.